The van der Waals surface area contributed by atoms with Gasteiger partial charge < -0.3 is 9.73 Å². The fourth-order valence-electron chi connectivity index (χ4n) is 2.13. The van der Waals surface area contributed by atoms with E-state index >= 15 is 0 Å². The number of fused-ring (bicyclic) bond motifs is 1. The van der Waals surface area contributed by atoms with E-state index in [4.69, 9.17) is 4.42 Å². The Morgan fingerprint density at radius 1 is 1.05 bits per heavy atom. The predicted molar refractivity (Wildman–Crippen MR) is 90.1 cm³/mol. The molecule has 1 atom stereocenters. The number of nitrogens with one attached hydrogen (secondary N) is 1. The van der Waals surface area contributed by atoms with Crippen molar-refractivity contribution in [2.24, 2.45) is 0 Å². The van der Waals surface area contributed by atoms with Crippen LogP contribution >= 0.6 is 31.9 Å². The Balaban J connectivity index is 1.89. The van der Waals surface area contributed by atoms with Gasteiger partial charge in [0.1, 0.15) is 11.3 Å². The average molecular weight is 395 g/mol. The van der Waals surface area contributed by atoms with Crippen LogP contribution in [0.25, 0.3) is 11.0 Å². The van der Waals surface area contributed by atoms with Crippen LogP contribution in [-0.4, -0.2) is 0 Å². The number of anilines is 1. The first kappa shape index (κ1) is 13.7. The van der Waals surface area contributed by atoms with Gasteiger partial charge in [-0.1, -0.05) is 28.1 Å². The lowest BCUT2D eigenvalue weighted by Crippen LogP contribution is -2.05. The zero-order chi connectivity index (χ0) is 14.1. The van der Waals surface area contributed by atoms with Crippen molar-refractivity contribution < 1.29 is 4.42 Å². The maximum absolute atomic E-state index is 5.90. The minimum absolute atomic E-state index is 0.0971. The van der Waals surface area contributed by atoms with E-state index < -0.39 is 0 Å². The summed E-state index contributed by atoms with van der Waals surface area (Å²) >= 11 is 7.02. The molecule has 0 aliphatic rings. The smallest absolute Gasteiger partial charge is 0.134 e. The predicted octanol–water partition coefficient (Wildman–Crippen LogP) is 6.13. The SMILES string of the molecule is CC(Nc1ccccc1Br)c1cc2cc(Br)ccc2o1. The Kier molecular flexibility index (Phi) is 3.85. The summed E-state index contributed by atoms with van der Waals surface area (Å²) in [4.78, 5) is 0. The van der Waals surface area contributed by atoms with Gasteiger partial charge in [0.2, 0.25) is 0 Å². The van der Waals surface area contributed by atoms with Crippen molar-refractivity contribution in [2.45, 2.75) is 13.0 Å². The first-order chi connectivity index (χ1) is 9.63. The van der Waals surface area contributed by atoms with Gasteiger partial charge in [0.25, 0.3) is 0 Å². The van der Waals surface area contributed by atoms with Crippen LogP contribution in [0.1, 0.15) is 18.7 Å². The molecule has 1 N–H and O–H groups in total. The summed E-state index contributed by atoms with van der Waals surface area (Å²) in [6.45, 7) is 2.09. The molecule has 2 nitrogen and oxygen atoms in total. The van der Waals surface area contributed by atoms with Crippen molar-refractivity contribution in [3.8, 4) is 0 Å². The number of para-hydroxylation sites is 1. The zero-order valence-electron chi connectivity index (χ0n) is 10.9. The van der Waals surface area contributed by atoms with E-state index in [1.807, 2.05) is 36.4 Å². The Morgan fingerprint density at radius 3 is 2.65 bits per heavy atom. The van der Waals surface area contributed by atoms with Gasteiger partial charge in [-0.05, 0) is 59.3 Å². The van der Waals surface area contributed by atoms with Crippen molar-refractivity contribution in [2.75, 3.05) is 5.32 Å². The molecule has 0 bridgehead atoms. The fraction of sp³-hybridized carbons (Fsp3) is 0.125. The second-order valence-corrected chi connectivity index (χ2v) is 6.45. The van der Waals surface area contributed by atoms with Gasteiger partial charge in [-0.15, -0.1) is 0 Å². The van der Waals surface area contributed by atoms with E-state index in [0.717, 1.165) is 31.4 Å². The van der Waals surface area contributed by atoms with Crippen LogP contribution in [0.4, 0.5) is 5.69 Å². The molecule has 0 spiro atoms. The summed E-state index contributed by atoms with van der Waals surface area (Å²) in [6.07, 6.45) is 0. The highest BCUT2D eigenvalue weighted by atomic mass is 79.9. The van der Waals surface area contributed by atoms with E-state index in [9.17, 15) is 0 Å². The van der Waals surface area contributed by atoms with Gasteiger partial charge in [0.05, 0.1) is 6.04 Å². The highest BCUT2D eigenvalue weighted by molar-refractivity contribution is 9.10. The molecule has 2 aromatic carbocycles. The number of hydrogen-bond acceptors (Lipinski definition) is 2. The molecule has 0 aliphatic carbocycles. The molecule has 0 amide bonds. The molecule has 20 heavy (non-hydrogen) atoms. The van der Waals surface area contributed by atoms with Crippen LogP contribution < -0.4 is 5.32 Å². The molecule has 0 saturated carbocycles. The molecular weight excluding hydrogens is 382 g/mol. The van der Waals surface area contributed by atoms with Crippen molar-refractivity contribution in [3.05, 3.63) is 63.2 Å². The molecule has 3 rings (SSSR count). The minimum atomic E-state index is 0.0971. The first-order valence-electron chi connectivity index (χ1n) is 6.33. The largest absolute Gasteiger partial charge is 0.459 e. The number of halogens is 2. The molecule has 0 saturated heterocycles. The number of hydrogen-bond donors (Lipinski definition) is 1. The Hall–Kier alpha value is -1.26. The second kappa shape index (κ2) is 5.62. The molecule has 1 aromatic heterocycles. The van der Waals surface area contributed by atoms with E-state index in [0.29, 0.717) is 0 Å². The summed E-state index contributed by atoms with van der Waals surface area (Å²) < 4.78 is 8.00. The lowest BCUT2D eigenvalue weighted by molar-refractivity contribution is 0.526. The van der Waals surface area contributed by atoms with Gasteiger partial charge in [0.15, 0.2) is 0 Å². The quantitative estimate of drug-likeness (QED) is 0.577. The lowest BCUT2D eigenvalue weighted by Gasteiger charge is -2.14. The van der Waals surface area contributed by atoms with Gasteiger partial charge in [0, 0.05) is 20.0 Å². The zero-order valence-corrected chi connectivity index (χ0v) is 14.0. The molecule has 3 aromatic rings. The van der Waals surface area contributed by atoms with Crippen LogP contribution in [0.15, 0.2) is 61.9 Å². The van der Waals surface area contributed by atoms with Gasteiger partial charge >= 0.3 is 0 Å². The van der Waals surface area contributed by atoms with Crippen LogP contribution in [0.5, 0.6) is 0 Å². The lowest BCUT2D eigenvalue weighted by atomic mass is 10.2. The summed E-state index contributed by atoms with van der Waals surface area (Å²) in [7, 11) is 0. The van der Waals surface area contributed by atoms with Gasteiger partial charge in [-0.2, -0.15) is 0 Å². The van der Waals surface area contributed by atoms with Crippen LogP contribution in [0.2, 0.25) is 0 Å². The third-order valence-electron chi connectivity index (χ3n) is 3.17. The fourth-order valence-corrected chi connectivity index (χ4v) is 2.91. The Labute approximate surface area is 134 Å². The summed E-state index contributed by atoms with van der Waals surface area (Å²) in [5.41, 5.74) is 1.96. The summed E-state index contributed by atoms with van der Waals surface area (Å²) in [5.74, 6) is 0.925. The Bertz CT molecular complexity index is 751. The number of furan rings is 1. The van der Waals surface area contributed by atoms with Crippen LogP contribution in [0.3, 0.4) is 0 Å². The second-order valence-electron chi connectivity index (χ2n) is 4.68. The third kappa shape index (κ3) is 2.76. The topological polar surface area (TPSA) is 25.2 Å². The summed E-state index contributed by atoms with van der Waals surface area (Å²) in [6, 6.07) is 16.3. The van der Waals surface area contributed by atoms with E-state index in [2.05, 4.69) is 56.2 Å². The van der Waals surface area contributed by atoms with Crippen molar-refractivity contribution in [1.82, 2.24) is 0 Å². The molecule has 0 fully saturated rings. The maximum Gasteiger partial charge on any atom is 0.134 e. The monoisotopic (exact) mass is 393 g/mol. The molecule has 102 valence electrons. The molecular formula is C16H13Br2NO. The van der Waals surface area contributed by atoms with E-state index in [1.165, 1.54) is 0 Å². The summed E-state index contributed by atoms with van der Waals surface area (Å²) in [5, 5.41) is 4.56. The number of rotatable bonds is 3. The van der Waals surface area contributed by atoms with Crippen molar-refractivity contribution in [3.63, 3.8) is 0 Å². The van der Waals surface area contributed by atoms with Crippen LogP contribution in [0, 0.1) is 0 Å². The molecule has 0 radical (unpaired) electrons. The first-order valence-corrected chi connectivity index (χ1v) is 7.92. The Morgan fingerprint density at radius 2 is 1.85 bits per heavy atom. The van der Waals surface area contributed by atoms with Gasteiger partial charge in [-0.3, -0.25) is 0 Å². The van der Waals surface area contributed by atoms with E-state index in [-0.39, 0.29) is 6.04 Å². The highest BCUT2D eigenvalue weighted by Crippen LogP contribution is 2.30. The van der Waals surface area contributed by atoms with E-state index in [1.54, 1.807) is 0 Å². The van der Waals surface area contributed by atoms with Crippen molar-refractivity contribution >= 4 is 48.5 Å². The van der Waals surface area contributed by atoms with Crippen LogP contribution in [-0.2, 0) is 0 Å². The molecule has 0 aliphatic heterocycles. The normalized spacial score (nSPS) is 12.6. The third-order valence-corrected chi connectivity index (χ3v) is 4.35. The van der Waals surface area contributed by atoms with Gasteiger partial charge in [-0.25, -0.2) is 0 Å². The minimum Gasteiger partial charge on any atom is -0.459 e. The molecule has 4 heteroatoms. The average Bonchev–Trinajstić information content (AvgIpc) is 2.84. The molecule has 1 heterocycles. The highest BCUT2D eigenvalue weighted by Gasteiger charge is 2.12. The number of benzene rings is 2. The van der Waals surface area contributed by atoms with Crippen molar-refractivity contribution in [1.29, 1.82) is 0 Å². The maximum atomic E-state index is 5.90. The standard InChI is InChI=1S/C16H13Br2NO/c1-10(19-14-5-3-2-4-13(14)18)16-9-11-8-12(17)6-7-15(11)20-16/h2-10,19H,1H3. The molecule has 1 unspecified atom stereocenters.